The number of thiazole rings is 1. The van der Waals surface area contributed by atoms with Gasteiger partial charge < -0.3 is 4.42 Å². The van der Waals surface area contributed by atoms with Gasteiger partial charge in [0.1, 0.15) is 10.6 Å². The number of benzene rings is 1. The first-order valence-electron chi connectivity index (χ1n) is 8.75. The molecule has 1 aliphatic rings. The summed E-state index contributed by atoms with van der Waals surface area (Å²) in [6.07, 6.45) is 1.49. The molecule has 0 spiro atoms. The van der Waals surface area contributed by atoms with E-state index in [4.69, 9.17) is 16.6 Å². The molecule has 1 fully saturated rings. The lowest BCUT2D eigenvalue weighted by Crippen LogP contribution is -2.55. The van der Waals surface area contributed by atoms with Crippen molar-refractivity contribution in [2.75, 3.05) is 13.1 Å². The SMILES string of the molecule is CCN1C(=O)C(=Cc2nc3oc(-c4ccccc4)nc3s2)C(=O)N(CC)C1=S. The lowest BCUT2D eigenvalue weighted by molar-refractivity contribution is -0.133. The van der Waals surface area contributed by atoms with Gasteiger partial charge in [-0.15, -0.1) is 0 Å². The summed E-state index contributed by atoms with van der Waals surface area (Å²) in [6.45, 7) is 4.41. The molecule has 4 rings (SSSR count). The van der Waals surface area contributed by atoms with Gasteiger partial charge >= 0.3 is 0 Å². The Hall–Kier alpha value is -2.91. The normalized spacial score (nSPS) is 15.1. The fraction of sp³-hybridized carbons (Fsp3) is 0.211. The highest BCUT2D eigenvalue weighted by molar-refractivity contribution is 7.80. The number of oxazole rings is 1. The number of hydrogen-bond donors (Lipinski definition) is 0. The molecule has 0 aliphatic carbocycles. The second kappa shape index (κ2) is 7.25. The Kier molecular flexibility index (Phi) is 4.78. The zero-order chi connectivity index (χ0) is 19.8. The minimum absolute atomic E-state index is 0.0389. The lowest BCUT2D eigenvalue weighted by Gasteiger charge is -2.35. The highest BCUT2D eigenvalue weighted by atomic mass is 32.1. The van der Waals surface area contributed by atoms with Crippen molar-refractivity contribution >= 4 is 57.1 Å². The van der Waals surface area contributed by atoms with Crippen molar-refractivity contribution < 1.29 is 14.0 Å². The number of rotatable bonds is 4. The molecule has 9 heteroatoms. The summed E-state index contributed by atoms with van der Waals surface area (Å²) >= 11 is 6.53. The average molecular weight is 412 g/mol. The molecule has 28 heavy (non-hydrogen) atoms. The quantitative estimate of drug-likeness (QED) is 0.372. The fourth-order valence-corrected chi connectivity index (χ4v) is 4.16. The first-order valence-corrected chi connectivity index (χ1v) is 9.98. The minimum atomic E-state index is -0.410. The number of thiocarbonyl (C=S) groups is 1. The van der Waals surface area contributed by atoms with Crippen molar-refractivity contribution in [2.45, 2.75) is 13.8 Å². The number of fused-ring (bicyclic) bond motifs is 1. The van der Waals surface area contributed by atoms with Crippen molar-refractivity contribution in [1.29, 1.82) is 0 Å². The fourth-order valence-electron chi connectivity index (χ4n) is 2.93. The summed E-state index contributed by atoms with van der Waals surface area (Å²) in [6, 6.07) is 9.53. The zero-order valence-corrected chi connectivity index (χ0v) is 16.8. The summed E-state index contributed by atoms with van der Waals surface area (Å²) in [4.78, 5) is 37.7. The van der Waals surface area contributed by atoms with Gasteiger partial charge in [-0.3, -0.25) is 19.4 Å². The van der Waals surface area contributed by atoms with Crippen molar-refractivity contribution in [1.82, 2.24) is 19.8 Å². The number of aromatic nitrogens is 2. The summed E-state index contributed by atoms with van der Waals surface area (Å²) in [5, 5.41) is 0.719. The molecule has 7 nitrogen and oxygen atoms in total. The monoisotopic (exact) mass is 412 g/mol. The molecule has 1 saturated heterocycles. The van der Waals surface area contributed by atoms with E-state index in [1.165, 1.54) is 27.2 Å². The minimum Gasteiger partial charge on any atom is -0.417 e. The molecule has 142 valence electrons. The molecule has 1 aromatic carbocycles. The van der Waals surface area contributed by atoms with E-state index in [9.17, 15) is 9.59 Å². The van der Waals surface area contributed by atoms with Crippen LogP contribution in [-0.4, -0.2) is 49.8 Å². The highest BCUT2D eigenvalue weighted by Gasteiger charge is 2.38. The van der Waals surface area contributed by atoms with Crippen LogP contribution in [0.15, 0.2) is 40.3 Å². The molecule has 0 N–H and O–H groups in total. The van der Waals surface area contributed by atoms with Gasteiger partial charge in [0, 0.05) is 18.7 Å². The molecule has 2 amide bonds. The number of carbonyl (C=O) groups excluding carboxylic acids is 2. The van der Waals surface area contributed by atoms with Crippen LogP contribution in [0.5, 0.6) is 0 Å². The van der Waals surface area contributed by atoms with Gasteiger partial charge in [0.2, 0.25) is 5.89 Å². The molecule has 0 atom stereocenters. The number of nitrogens with zero attached hydrogens (tertiary/aromatic N) is 4. The molecular formula is C19H16N4O3S2. The molecule has 3 heterocycles. The Morgan fingerprint density at radius 2 is 1.71 bits per heavy atom. The van der Waals surface area contributed by atoms with Gasteiger partial charge in [-0.2, -0.15) is 9.97 Å². The van der Waals surface area contributed by atoms with Gasteiger partial charge in [-0.1, -0.05) is 29.5 Å². The summed E-state index contributed by atoms with van der Waals surface area (Å²) in [5.41, 5.74) is 1.27. The predicted molar refractivity (Wildman–Crippen MR) is 110 cm³/mol. The maximum absolute atomic E-state index is 12.7. The molecule has 2 aromatic heterocycles. The van der Waals surface area contributed by atoms with E-state index < -0.39 is 11.8 Å². The Morgan fingerprint density at radius 3 is 2.29 bits per heavy atom. The number of carbonyl (C=O) groups is 2. The third kappa shape index (κ3) is 3.02. The van der Waals surface area contributed by atoms with Crippen LogP contribution in [0.3, 0.4) is 0 Å². The topological polar surface area (TPSA) is 79.5 Å². The molecule has 3 aromatic rings. The van der Waals surface area contributed by atoms with Crippen LogP contribution < -0.4 is 0 Å². The van der Waals surface area contributed by atoms with Crippen molar-refractivity contribution in [3.05, 3.63) is 40.9 Å². The third-order valence-corrected chi connectivity index (χ3v) is 5.64. The van der Waals surface area contributed by atoms with Crippen LogP contribution >= 0.6 is 23.6 Å². The first-order chi connectivity index (χ1) is 13.5. The number of amides is 2. The van der Waals surface area contributed by atoms with E-state index in [0.29, 0.717) is 34.5 Å². The molecule has 1 aliphatic heterocycles. The Bertz CT molecular complexity index is 1060. The van der Waals surface area contributed by atoms with Crippen LogP contribution in [0.1, 0.15) is 18.9 Å². The maximum atomic E-state index is 12.7. The average Bonchev–Trinajstić information content (AvgIpc) is 3.25. The van der Waals surface area contributed by atoms with E-state index in [1.807, 2.05) is 44.2 Å². The van der Waals surface area contributed by atoms with Crippen LogP contribution in [0.4, 0.5) is 0 Å². The van der Waals surface area contributed by atoms with Crippen LogP contribution in [-0.2, 0) is 9.59 Å². The Morgan fingerprint density at radius 1 is 1.07 bits per heavy atom. The van der Waals surface area contributed by atoms with Crippen LogP contribution in [0, 0.1) is 0 Å². The van der Waals surface area contributed by atoms with Gasteiger partial charge in [-0.25, -0.2) is 0 Å². The van der Waals surface area contributed by atoms with E-state index in [1.54, 1.807) is 0 Å². The van der Waals surface area contributed by atoms with Crippen molar-refractivity contribution in [3.8, 4) is 11.5 Å². The van der Waals surface area contributed by atoms with Crippen LogP contribution in [0.2, 0.25) is 0 Å². The summed E-state index contributed by atoms with van der Waals surface area (Å²) < 4.78 is 5.73. The largest absolute Gasteiger partial charge is 0.417 e. The van der Waals surface area contributed by atoms with E-state index >= 15 is 0 Å². The van der Waals surface area contributed by atoms with E-state index in [0.717, 1.165) is 5.56 Å². The standard InChI is InChI=1S/C19H16N4O3S2/c1-3-22-17(24)12(18(25)23(4-2)19(22)27)10-13-20-15-16(28-13)21-14(26-15)11-8-6-5-7-9-11/h5-10H,3-4H2,1-2H3. The molecule has 0 unspecified atom stereocenters. The van der Waals surface area contributed by atoms with Gasteiger partial charge in [-0.05, 0) is 44.3 Å². The molecule has 0 bridgehead atoms. The second-order valence-electron chi connectivity index (χ2n) is 5.99. The summed E-state index contributed by atoms with van der Waals surface area (Å²) in [5.74, 6) is -0.336. The molecule has 0 radical (unpaired) electrons. The first kappa shape index (κ1) is 18.5. The highest BCUT2D eigenvalue weighted by Crippen LogP contribution is 2.29. The number of likely N-dealkylation sites (N-methyl/N-ethyl adjacent to an activating group) is 2. The van der Waals surface area contributed by atoms with Gasteiger partial charge in [0.25, 0.3) is 17.5 Å². The van der Waals surface area contributed by atoms with E-state index in [2.05, 4.69) is 9.97 Å². The summed E-state index contributed by atoms with van der Waals surface area (Å²) in [7, 11) is 0. The maximum Gasteiger partial charge on any atom is 0.265 e. The smallest absolute Gasteiger partial charge is 0.265 e. The molecular weight excluding hydrogens is 396 g/mol. The lowest BCUT2D eigenvalue weighted by atomic mass is 10.1. The van der Waals surface area contributed by atoms with Crippen molar-refractivity contribution in [3.63, 3.8) is 0 Å². The molecule has 0 saturated carbocycles. The second-order valence-corrected chi connectivity index (χ2v) is 7.36. The number of hydrogen-bond acceptors (Lipinski definition) is 7. The predicted octanol–water partition coefficient (Wildman–Crippen LogP) is 3.33. The van der Waals surface area contributed by atoms with Crippen LogP contribution in [0.25, 0.3) is 28.1 Å². The van der Waals surface area contributed by atoms with E-state index in [-0.39, 0.29) is 10.7 Å². The zero-order valence-electron chi connectivity index (χ0n) is 15.2. The van der Waals surface area contributed by atoms with Gasteiger partial charge in [0.15, 0.2) is 9.94 Å². The van der Waals surface area contributed by atoms with Gasteiger partial charge in [0.05, 0.1) is 0 Å². The van der Waals surface area contributed by atoms with Crippen molar-refractivity contribution in [2.24, 2.45) is 0 Å². The Labute approximate surface area is 170 Å². The third-order valence-electron chi connectivity index (χ3n) is 4.33. The Balaban J connectivity index is 1.70.